The van der Waals surface area contributed by atoms with E-state index in [1.807, 2.05) is 58.0 Å². The number of hydrogen-bond acceptors (Lipinski definition) is 11. The monoisotopic (exact) mass is 852 g/mol. The maximum absolute atomic E-state index is 14.5. The van der Waals surface area contributed by atoms with Gasteiger partial charge in [-0.05, 0) is 113 Å². The molecule has 3 aliphatic heterocycles. The van der Waals surface area contributed by atoms with Crippen LogP contribution in [-0.2, 0) is 48.5 Å². The quantitative estimate of drug-likeness (QED) is 0.165. The smallest absolute Gasteiger partial charge is 0.329 e. The molecule has 5 rings (SSSR count). The van der Waals surface area contributed by atoms with Gasteiger partial charge in [-0.1, -0.05) is 75.8 Å². The van der Waals surface area contributed by atoms with Crippen molar-refractivity contribution in [3.8, 4) is 0 Å². The van der Waals surface area contributed by atoms with Gasteiger partial charge in [0.15, 0.2) is 0 Å². The van der Waals surface area contributed by atoms with E-state index in [9.17, 15) is 29.4 Å². The summed E-state index contributed by atoms with van der Waals surface area (Å²) in [6, 6.07) is 8.51. The second-order valence-corrected chi connectivity index (χ2v) is 18.7. The number of benzene rings is 1. The van der Waals surface area contributed by atoms with Crippen molar-refractivity contribution in [1.29, 1.82) is 0 Å². The van der Waals surface area contributed by atoms with Crippen molar-refractivity contribution >= 4 is 23.4 Å². The standard InChI is InChI=1S/C49H73NO11/c1-10-36-25-30(2)24-31(3)26-40(57-7)44-41(58-8)28-34(6)49(56,61-44)45(52)46(53)50-23-15-14-18-38(50)47(54)60-43(32(4)19-20-39(36)51)33(5)27-35-21-22-48(55,42(29-35)59-9)37-16-12-11-13-17-37/h11-13,16-17,25,27,31-32,34-36,38,40-44,55-56H,10,14-15,18-24,26,28-29H2,1-9H3/b30-25+,33-27?. The summed E-state index contributed by atoms with van der Waals surface area (Å²) in [5.74, 6) is -6.37. The second kappa shape index (κ2) is 21.4. The number of ketones is 2. The topological polar surface area (TPSA) is 158 Å². The first-order chi connectivity index (χ1) is 29.0. The summed E-state index contributed by atoms with van der Waals surface area (Å²) in [4.78, 5) is 58.2. The zero-order valence-corrected chi connectivity index (χ0v) is 38.1. The maximum Gasteiger partial charge on any atom is 0.329 e. The van der Waals surface area contributed by atoms with Gasteiger partial charge in [-0.25, -0.2) is 4.79 Å². The Bertz CT molecular complexity index is 1730. The summed E-state index contributed by atoms with van der Waals surface area (Å²) in [5.41, 5.74) is 1.54. The number of hydrogen-bond donors (Lipinski definition) is 2. The van der Waals surface area contributed by atoms with Crippen LogP contribution in [0.5, 0.6) is 0 Å². The third-order valence-corrected chi connectivity index (χ3v) is 14.2. The Morgan fingerprint density at radius 2 is 1.61 bits per heavy atom. The van der Waals surface area contributed by atoms with Crippen LogP contribution in [0.25, 0.3) is 0 Å². The van der Waals surface area contributed by atoms with Gasteiger partial charge in [0.2, 0.25) is 5.79 Å². The van der Waals surface area contributed by atoms with Crippen molar-refractivity contribution in [1.82, 2.24) is 4.90 Å². The van der Waals surface area contributed by atoms with Crippen molar-refractivity contribution < 1.29 is 53.1 Å². The minimum Gasteiger partial charge on any atom is -0.456 e. The molecule has 2 saturated heterocycles. The summed E-state index contributed by atoms with van der Waals surface area (Å²) in [7, 11) is 4.72. The SMILES string of the molecule is CCC1/C=C(\C)CC(C)CC(OC)C2OC(O)(C(=O)C(=O)N3CCCCC3C(=O)OC(C(C)=CC3CCC(O)(c4ccccc4)C(OC)C3)C(C)CCC1=O)C(C)CC2OC. The molecule has 1 aliphatic carbocycles. The molecule has 12 nitrogen and oxygen atoms in total. The first-order valence-corrected chi connectivity index (χ1v) is 22.7. The largest absolute Gasteiger partial charge is 0.456 e. The number of Topliss-reactive ketones (excluding diaryl/α,β-unsaturated/α-hetero) is 2. The Balaban J connectivity index is 1.49. The van der Waals surface area contributed by atoms with E-state index in [0.29, 0.717) is 64.2 Å². The number of esters is 1. The van der Waals surface area contributed by atoms with Crippen LogP contribution >= 0.6 is 0 Å². The lowest BCUT2D eigenvalue weighted by Crippen LogP contribution is -2.64. The number of aliphatic hydroxyl groups is 2. The number of carbonyl (C=O) groups excluding carboxylic acids is 4. The number of allylic oxidation sites excluding steroid dienone is 3. The fraction of sp³-hybridized carbons (Fsp3) is 0.714. The molecule has 12 heteroatoms. The van der Waals surface area contributed by atoms with Gasteiger partial charge >= 0.3 is 5.97 Å². The number of rotatable bonds is 7. The van der Waals surface area contributed by atoms with Crippen LogP contribution in [0.4, 0.5) is 0 Å². The molecule has 1 amide bonds. The molecular formula is C49H73NO11. The highest BCUT2D eigenvalue weighted by Crippen LogP contribution is 2.43. The number of cyclic esters (lactones) is 1. The minimum absolute atomic E-state index is 0.00873. The van der Waals surface area contributed by atoms with Crippen molar-refractivity contribution in [2.75, 3.05) is 27.9 Å². The third-order valence-electron chi connectivity index (χ3n) is 14.2. The zero-order chi connectivity index (χ0) is 44.6. The second-order valence-electron chi connectivity index (χ2n) is 18.7. The van der Waals surface area contributed by atoms with Crippen LogP contribution in [0.2, 0.25) is 0 Å². The van der Waals surface area contributed by atoms with Crippen molar-refractivity contribution in [2.45, 2.75) is 167 Å². The molecule has 13 atom stereocenters. The van der Waals surface area contributed by atoms with Crippen molar-refractivity contribution in [2.24, 2.45) is 29.6 Å². The predicted molar refractivity (Wildman–Crippen MR) is 231 cm³/mol. The number of methoxy groups -OCH3 is 3. The molecule has 0 radical (unpaired) electrons. The molecule has 0 spiro atoms. The number of nitrogens with zero attached hydrogens (tertiary/aromatic N) is 1. The van der Waals surface area contributed by atoms with Crippen LogP contribution in [0.1, 0.15) is 124 Å². The average molecular weight is 852 g/mol. The predicted octanol–water partition coefficient (Wildman–Crippen LogP) is 7.03. The Kier molecular flexibility index (Phi) is 17.1. The van der Waals surface area contributed by atoms with Gasteiger partial charge in [0.05, 0.1) is 18.3 Å². The molecule has 2 N–H and O–H groups in total. The highest BCUT2D eigenvalue weighted by Gasteiger charge is 2.56. The third kappa shape index (κ3) is 11.1. The Morgan fingerprint density at radius 1 is 0.918 bits per heavy atom. The summed E-state index contributed by atoms with van der Waals surface area (Å²) < 4.78 is 30.4. The van der Waals surface area contributed by atoms with Gasteiger partial charge in [0.25, 0.3) is 11.7 Å². The number of amides is 1. The average Bonchev–Trinajstić information content (AvgIpc) is 3.26. The molecule has 1 aromatic rings. The molecular weight excluding hydrogens is 779 g/mol. The molecule has 340 valence electrons. The number of carbonyl (C=O) groups is 4. The number of piperidine rings is 1. The van der Waals surface area contributed by atoms with E-state index in [4.69, 9.17) is 23.7 Å². The van der Waals surface area contributed by atoms with E-state index in [1.165, 1.54) is 4.90 Å². The molecule has 2 bridgehead atoms. The lowest BCUT2D eigenvalue weighted by molar-refractivity contribution is -0.302. The molecule has 3 fully saturated rings. The number of fused-ring (bicyclic) bond motifs is 3. The normalized spacial score (nSPS) is 39.1. The van der Waals surface area contributed by atoms with Crippen molar-refractivity contribution in [3.05, 3.63) is 59.2 Å². The van der Waals surface area contributed by atoms with Crippen LogP contribution in [-0.4, -0.2) is 109 Å². The summed E-state index contributed by atoms with van der Waals surface area (Å²) >= 11 is 0. The Hall–Kier alpha value is -3.26. The van der Waals surface area contributed by atoms with E-state index in [-0.39, 0.29) is 48.8 Å². The molecule has 1 aromatic carbocycles. The van der Waals surface area contributed by atoms with E-state index < -0.39 is 71.5 Å². The van der Waals surface area contributed by atoms with E-state index in [0.717, 1.165) is 16.7 Å². The van der Waals surface area contributed by atoms with Gasteiger partial charge in [0, 0.05) is 46.1 Å². The van der Waals surface area contributed by atoms with E-state index in [2.05, 4.69) is 19.1 Å². The van der Waals surface area contributed by atoms with Crippen LogP contribution in [0.3, 0.4) is 0 Å². The first-order valence-electron chi connectivity index (χ1n) is 22.7. The fourth-order valence-electron chi connectivity index (χ4n) is 10.5. The van der Waals surface area contributed by atoms with Crippen LogP contribution in [0.15, 0.2) is 53.6 Å². The summed E-state index contributed by atoms with van der Waals surface area (Å²) in [6.07, 6.45) is 7.04. The summed E-state index contributed by atoms with van der Waals surface area (Å²) in [5, 5.41) is 23.9. The summed E-state index contributed by atoms with van der Waals surface area (Å²) in [6.45, 7) is 11.8. The van der Waals surface area contributed by atoms with Crippen molar-refractivity contribution in [3.63, 3.8) is 0 Å². The van der Waals surface area contributed by atoms with Gasteiger partial charge < -0.3 is 38.8 Å². The lowest BCUT2D eigenvalue weighted by Gasteiger charge is -2.47. The lowest BCUT2D eigenvalue weighted by atomic mass is 9.72. The molecule has 3 heterocycles. The van der Waals surface area contributed by atoms with Gasteiger partial charge in [-0.3, -0.25) is 14.4 Å². The molecule has 0 aromatic heterocycles. The van der Waals surface area contributed by atoms with Gasteiger partial charge in [-0.15, -0.1) is 0 Å². The molecule has 13 unspecified atom stereocenters. The van der Waals surface area contributed by atoms with Gasteiger partial charge in [-0.2, -0.15) is 0 Å². The molecule has 61 heavy (non-hydrogen) atoms. The Labute approximate surface area is 363 Å². The zero-order valence-electron chi connectivity index (χ0n) is 38.1. The minimum atomic E-state index is -2.48. The first kappa shape index (κ1) is 48.8. The molecule has 1 saturated carbocycles. The van der Waals surface area contributed by atoms with E-state index in [1.54, 1.807) is 28.3 Å². The van der Waals surface area contributed by atoms with Crippen LogP contribution in [0, 0.1) is 29.6 Å². The van der Waals surface area contributed by atoms with Crippen LogP contribution < -0.4 is 0 Å². The highest BCUT2D eigenvalue weighted by atomic mass is 16.7. The molecule has 4 aliphatic rings. The Morgan fingerprint density at radius 3 is 2.26 bits per heavy atom. The highest BCUT2D eigenvalue weighted by molar-refractivity contribution is 6.39. The fourth-order valence-corrected chi connectivity index (χ4v) is 10.5. The number of ether oxygens (including phenoxy) is 5. The van der Waals surface area contributed by atoms with E-state index >= 15 is 0 Å². The maximum atomic E-state index is 14.5. The van der Waals surface area contributed by atoms with Gasteiger partial charge in [0.1, 0.15) is 29.6 Å².